The minimum atomic E-state index is -0.539. The number of aliphatic hydroxyl groups is 1. The molecule has 3 aromatic rings. The normalized spacial score (nSPS) is 20.9. The average Bonchev–Trinajstić information content (AvgIpc) is 3.30. The van der Waals surface area contributed by atoms with E-state index in [4.69, 9.17) is 0 Å². The van der Waals surface area contributed by atoms with Crippen molar-refractivity contribution < 1.29 is 5.11 Å². The number of hydrogen-bond acceptors (Lipinski definition) is 2. The van der Waals surface area contributed by atoms with Crippen LogP contribution in [0.25, 0.3) is 10.9 Å². The van der Waals surface area contributed by atoms with Crippen molar-refractivity contribution in [3.05, 3.63) is 69.3 Å². The van der Waals surface area contributed by atoms with Gasteiger partial charge in [0, 0.05) is 33.7 Å². The van der Waals surface area contributed by atoms with Crippen LogP contribution in [0.4, 0.5) is 0 Å². The third kappa shape index (κ3) is 2.90. The fraction of sp³-hybridized carbons (Fsp3) is 0.364. The van der Waals surface area contributed by atoms with Gasteiger partial charge in [-0.25, -0.2) is 0 Å². The Kier molecular flexibility index (Phi) is 3.96. The maximum Gasteiger partial charge on any atom is 0.0899 e. The number of H-pyrrole nitrogens is 1. The number of benzene rings is 2. The molecule has 0 amide bonds. The minimum absolute atomic E-state index is 0.372. The lowest BCUT2D eigenvalue weighted by Crippen LogP contribution is -2.24. The molecular formula is C22H23BrN2O. The third-order valence-electron chi connectivity index (χ3n) is 5.94. The molecule has 134 valence electrons. The van der Waals surface area contributed by atoms with Crippen LogP contribution in [0.15, 0.2) is 46.9 Å². The van der Waals surface area contributed by atoms with E-state index in [-0.39, 0.29) is 0 Å². The molecule has 5 rings (SSSR count). The predicted octanol–water partition coefficient (Wildman–Crippen LogP) is 5.08. The van der Waals surface area contributed by atoms with Crippen LogP contribution in [-0.2, 0) is 18.6 Å². The number of aryl methyl sites for hydroxylation is 1. The molecule has 2 aliphatic carbocycles. The van der Waals surface area contributed by atoms with E-state index in [1.807, 2.05) is 0 Å². The molecule has 4 heteroatoms. The first-order chi connectivity index (χ1) is 12.6. The number of aromatic nitrogens is 1. The highest BCUT2D eigenvalue weighted by atomic mass is 79.9. The van der Waals surface area contributed by atoms with Crippen LogP contribution in [0.3, 0.4) is 0 Å². The van der Waals surface area contributed by atoms with Crippen LogP contribution < -0.4 is 5.32 Å². The molecule has 1 atom stereocenters. The Hall–Kier alpha value is -1.62. The maximum atomic E-state index is 10.2. The molecule has 3 nitrogen and oxygen atoms in total. The third-order valence-corrected chi connectivity index (χ3v) is 6.43. The first kappa shape index (κ1) is 16.5. The Bertz CT molecular complexity index is 956. The van der Waals surface area contributed by atoms with Gasteiger partial charge in [0.15, 0.2) is 0 Å². The van der Waals surface area contributed by atoms with Gasteiger partial charge in [-0.3, -0.25) is 0 Å². The molecule has 1 heterocycles. The zero-order valence-corrected chi connectivity index (χ0v) is 16.3. The second-order valence-corrected chi connectivity index (χ2v) is 8.68. The summed E-state index contributed by atoms with van der Waals surface area (Å²) in [6.07, 6.45) is 5.32. The molecule has 2 aliphatic rings. The lowest BCUT2D eigenvalue weighted by atomic mass is 9.91. The number of rotatable bonds is 4. The van der Waals surface area contributed by atoms with Gasteiger partial charge in [0.1, 0.15) is 0 Å². The van der Waals surface area contributed by atoms with Crippen LogP contribution in [-0.4, -0.2) is 10.1 Å². The number of hydrogen-bond donors (Lipinski definition) is 3. The molecule has 1 saturated carbocycles. The minimum Gasteiger partial charge on any atom is -0.385 e. The van der Waals surface area contributed by atoms with Crippen LogP contribution in [0.1, 0.15) is 54.1 Å². The van der Waals surface area contributed by atoms with Crippen molar-refractivity contribution in [2.45, 2.75) is 50.3 Å². The Labute approximate surface area is 161 Å². The van der Waals surface area contributed by atoms with Crippen molar-refractivity contribution >= 4 is 26.8 Å². The van der Waals surface area contributed by atoms with Gasteiger partial charge in [0.05, 0.1) is 5.60 Å². The van der Waals surface area contributed by atoms with Crippen LogP contribution in [0, 0.1) is 0 Å². The van der Waals surface area contributed by atoms with Gasteiger partial charge in [-0.15, -0.1) is 0 Å². The fourth-order valence-electron chi connectivity index (χ4n) is 4.22. The SMILES string of the molecule is OC1(c2ccc(CNC3CCCc4c3[nH]c3ccc(Br)cc43)cc2)CC1. The van der Waals surface area contributed by atoms with E-state index in [0.29, 0.717) is 6.04 Å². The molecule has 2 aromatic carbocycles. The van der Waals surface area contributed by atoms with Crippen molar-refractivity contribution in [3.8, 4) is 0 Å². The summed E-state index contributed by atoms with van der Waals surface area (Å²) in [7, 11) is 0. The maximum absolute atomic E-state index is 10.2. The Morgan fingerprint density at radius 1 is 1.15 bits per heavy atom. The average molecular weight is 411 g/mol. The first-order valence-corrected chi connectivity index (χ1v) is 10.3. The molecule has 3 N–H and O–H groups in total. The van der Waals surface area contributed by atoms with E-state index in [0.717, 1.165) is 35.8 Å². The highest BCUT2D eigenvalue weighted by Gasteiger charge is 2.41. The van der Waals surface area contributed by atoms with E-state index >= 15 is 0 Å². The molecular weight excluding hydrogens is 388 g/mol. The lowest BCUT2D eigenvalue weighted by molar-refractivity contribution is 0.151. The van der Waals surface area contributed by atoms with Gasteiger partial charge in [-0.1, -0.05) is 40.2 Å². The van der Waals surface area contributed by atoms with E-state index in [9.17, 15) is 5.11 Å². The van der Waals surface area contributed by atoms with Crippen molar-refractivity contribution in [2.75, 3.05) is 0 Å². The fourth-order valence-corrected chi connectivity index (χ4v) is 4.58. The van der Waals surface area contributed by atoms with Gasteiger partial charge in [0.2, 0.25) is 0 Å². The summed E-state index contributed by atoms with van der Waals surface area (Å²) in [4.78, 5) is 3.65. The zero-order valence-electron chi connectivity index (χ0n) is 14.7. The first-order valence-electron chi connectivity index (χ1n) is 9.48. The van der Waals surface area contributed by atoms with E-state index < -0.39 is 5.60 Å². The van der Waals surface area contributed by atoms with Gasteiger partial charge >= 0.3 is 0 Å². The van der Waals surface area contributed by atoms with Crippen molar-refractivity contribution in [1.29, 1.82) is 0 Å². The van der Waals surface area contributed by atoms with Gasteiger partial charge in [0.25, 0.3) is 0 Å². The van der Waals surface area contributed by atoms with Crippen molar-refractivity contribution in [1.82, 2.24) is 10.3 Å². The summed E-state index contributed by atoms with van der Waals surface area (Å²) in [6.45, 7) is 0.849. The van der Waals surface area contributed by atoms with Crippen molar-refractivity contribution in [2.24, 2.45) is 0 Å². The smallest absolute Gasteiger partial charge is 0.0899 e. The number of fused-ring (bicyclic) bond motifs is 3. The molecule has 0 spiro atoms. The second kappa shape index (κ2) is 6.22. The topological polar surface area (TPSA) is 48.0 Å². The van der Waals surface area contributed by atoms with Crippen molar-refractivity contribution in [3.63, 3.8) is 0 Å². The van der Waals surface area contributed by atoms with Crippen LogP contribution in [0.2, 0.25) is 0 Å². The zero-order chi connectivity index (χ0) is 17.7. The monoisotopic (exact) mass is 410 g/mol. The van der Waals surface area contributed by atoms with Crippen LogP contribution >= 0.6 is 15.9 Å². The summed E-state index contributed by atoms with van der Waals surface area (Å²) in [5, 5.41) is 15.3. The predicted molar refractivity (Wildman–Crippen MR) is 108 cm³/mol. The van der Waals surface area contributed by atoms with Crippen LogP contribution in [0.5, 0.6) is 0 Å². The Morgan fingerprint density at radius 3 is 2.73 bits per heavy atom. The second-order valence-electron chi connectivity index (χ2n) is 7.76. The largest absolute Gasteiger partial charge is 0.385 e. The van der Waals surface area contributed by atoms with E-state index in [1.54, 1.807) is 0 Å². The molecule has 1 fully saturated rings. The summed E-state index contributed by atoms with van der Waals surface area (Å²) >= 11 is 3.60. The Morgan fingerprint density at radius 2 is 1.96 bits per heavy atom. The quantitative estimate of drug-likeness (QED) is 0.561. The standard InChI is InChI=1S/C22H23BrN2O/c23-16-8-9-19-18(12-16)17-2-1-3-20(21(17)25-19)24-13-14-4-6-15(7-5-14)22(26)10-11-22/h4-9,12,20,24-26H,1-3,10-11,13H2. The van der Waals surface area contributed by atoms with E-state index in [1.165, 1.54) is 40.6 Å². The Balaban J connectivity index is 1.35. The lowest BCUT2D eigenvalue weighted by Gasteiger charge is -2.24. The summed E-state index contributed by atoms with van der Waals surface area (Å²) in [6, 6.07) is 15.3. The molecule has 0 radical (unpaired) electrons. The number of nitrogens with one attached hydrogen (secondary N) is 2. The molecule has 1 unspecified atom stereocenters. The number of aromatic amines is 1. The molecule has 26 heavy (non-hydrogen) atoms. The van der Waals surface area contributed by atoms with E-state index in [2.05, 4.69) is 68.7 Å². The summed E-state index contributed by atoms with van der Waals surface area (Å²) in [5.74, 6) is 0. The van der Waals surface area contributed by atoms with Gasteiger partial charge < -0.3 is 15.4 Å². The summed E-state index contributed by atoms with van der Waals surface area (Å²) < 4.78 is 1.14. The molecule has 0 bridgehead atoms. The van der Waals surface area contributed by atoms with Gasteiger partial charge in [-0.2, -0.15) is 0 Å². The van der Waals surface area contributed by atoms with Gasteiger partial charge in [-0.05, 0) is 67.0 Å². The summed E-state index contributed by atoms with van der Waals surface area (Å²) in [5.41, 5.74) is 5.84. The highest BCUT2D eigenvalue weighted by Crippen LogP contribution is 2.45. The highest BCUT2D eigenvalue weighted by molar-refractivity contribution is 9.10. The molecule has 0 saturated heterocycles. The number of halogens is 1. The molecule has 0 aliphatic heterocycles. The molecule has 1 aromatic heterocycles.